The van der Waals surface area contributed by atoms with Gasteiger partial charge in [-0.05, 0) is 48.4 Å². The highest BCUT2D eigenvalue weighted by Crippen LogP contribution is 2.35. The van der Waals surface area contributed by atoms with Crippen LogP contribution in [0.5, 0.6) is 0 Å². The number of fused-ring (bicyclic) bond motifs is 3. The Labute approximate surface area is 147 Å². The van der Waals surface area contributed by atoms with Crippen LogP contribution in [0.2, 0.25) is 0 Å². The van der Waals surface area contributed by atoms with Crippen molar-refractivity contribution in [2.45, 2.75) is 32.7 Å². The van der Waals surface area contributed by atoms with Crippen molar-refractivity contribution in [1.82, 2.24) is 9.55 Å². The minimum absolute atomic E-state index is 0.0991. The highest BCUT2D eigenvalue weighted by molar-refractivity contribution is 9.10. The summed E-state index contributed by atoms with van der Waals surface area (Å²) < 4.78 is 2.76. The number of aromatic nitrogens is 2. The molecule has 0 aliphatic heterocycles. The van der Waals surface area contributed by atoms with Crippen LogP contribution in [0.25, 0.3) is 10.2 Å². The molecule has 1 unspecified atom stereocenters. The maximum absolute atomic E-state index is 13.0. The van der Waals surface area contributed by atoms with Gasteiger partial charge in [-0.15, -0.1) is 11.3 Å². The first-order valence-corrected chi connectivity index (χ1v) is 9.47. The van der Waals surface area contributed by atoms with E-state index in [9.17, 15) is 4.79 Å². The van der Waals surface area contributed by atoms with Crippen molar-refractivity contribution in [2.75, 3.05) is 0 Å². The molecule has 5 heteroatoms. The van der Waals surface area contributed by atoms with E-state index in [0.717, 1.165) is 33.1 Å². The van der Waals surface area contributed by atoms with Gasteiger partial charge in [-0.2, -0.15) is 0 Å². The van der Waals surface area contributed by atoms with Gasteiger partial charge in [-0.25, -0.2) is 4.98 Å². The summed E-state index contributed by atoms with van der Waals surface area (Å²) >= 11 is 5.18. The molecule has 0 spiro atoms. The molecule has 0 N–H and O–H groups in total. The molecular formula is C18H17BrN2OS. The first-order valence-electron chi connectivity index (χ1n) is 7.86. The number of aryl methyl sites for hydroxylation is 1. The average Bonchev–Trinajstić information content (AvgIpc) is 2.88. The van der Waals surface area contributed by atoms with E-state index in [1.54, 1.807) is 22.2 Å². The number of halogens is 1. The molecule has 3 nitrogen and oxygen atoms in total. The number of hydrogen-bond donors (Lipinski definition) is 0. The third kappa shape index (κ3) is 2.76. The first kappa shape index (κ1) is 15.1. The summed E-state index contributed by atoms with van der Waals surface area (Å²) in [5.41, 5.74) is 2.45. The predicted octanol–water partition coefficient (Wildman–Crippen LogP) is 4.39. The van der Waals surface area contributed by atoms with E-state index in [-0.39, 0.29) is 5.56 Å². The van der Waals surface area contributed by atoms with Crippen molar-refractivity contribution in [1.29, 1.82) is 0 Å². The Balaban J connectivity index is 1.80. The normalized spacial score (nSPS) is 17.4. The monoisotopic (exact) mass is 388 g/mol. The van der Waals surface area contributed by atoms with Crippen molar-refractivity contribution in [2.24, 2.45) is 5.92 Å². The van der Waals surface area contributed by atoms with Crippen molar-refractivity contribution in [3.63, 3.8) is 0 Å². The quantitative estimate of drug-likeness (QED) is 0.652. The summed E-state index contributed by atoms with van der Waals surface area (Å²) in [5, 5.41) is 0.856. The van der Waals surface area contributed by atoms with Crippen LogP contribution in [0.3, 0.4) is 0 Å². The lowest BCUT2D eigenvalue weighted by molar-refractivity contribution is 0.509. The van der Waals surface area contributed by atoms with Gasteiger partial charge in [0.2, 0.25) is 0 Å². The lowest BCUT2D eigenvalue weighted by atomic mass is 9.89. The number of benzene rings is 1. The number of thiophene rings is 1. The Morgan fingerprint density at radius 1 is 1.43 bits per heavy atom. The number of hydrogen-bond acceptors (Lipinski definition) is 3. The van der Waals surface area contributed by atoms with Crippen LogP contribution in [0, 0.1) is 5.92 Å². The first-order chi connectivity index (χ1) is 11.1. The van der Waals surface area contributed by atoms with Gasteiger partial charge in [0.1, 0.15) is 4.83 Å². The largest absolute Gasteiger partial charge is 0.294 e. The van der Waals surface area contributed by atoms with Gasteiger partial charge in [0.25, 0.3) is 5.56 Å². The van der Waals surface area contributed by atoms with Gasteiger partial charge < -0.3 is 0 Å². The van der Waals surface area contributed by atoms with Crippen LogP contribution in [0.4, 0.5) is 0 Å². The van der Waals surface area contributed by atoms with Crippen LogP contribution in [0.15, 0.2) is 39.9 Å². The minimum atomic E-state index is 0.0991. The Morgan fingerprint density at radius 2 is 2.30 bits per heavy atom. The molecule has 1 aliphatic carbocycles. The maximum Gasteiger partial charge on any atom is 0.262 e. The molecule has 118 valence electrons. The second-order valence-corrected chi connectivity index (χ2v) is 8.34. The molecule has 1 aliphatic rings. The van der Waals surface area contributed by atoms with Gasteiger partial charge in [-0.3, -0.25) is 9.36 Å². The Bertz CT molecular complexity index is 944. The third-order valence-corrected chi connectivity index (χ3v) is 6.18. The van der Waals surface area contributed by atoms with Crippen LogP contribution in [-0.2, 0) is 19.4 Å². The van der Waals surface area contributed by atoms with Crippen molar-refractivity contribution >= 4 is 37.5 Å². The topological polar surface area (TPSA) is 34.9 Å². The Hall–Kier alpha value is -1.46. The zero-order valence-corrected chi connectivity index (χ0v) is 15.3. The van der Waals surface area contributed by atoms with Crippen LogP contribution in [-0.4, -0.2) is 9.55 Å². The minimum Gasteiger partial charge on any atom is -0.294 e. The molecule has 1 aromatic carbocycles. The summed E-state index contributed by atoms with van der Waals surface area (Å²) in [7, 11) is 0. The molecule has 23 heavy (non-hydrogen) atoms. The van der Waals surface area contributed by atoms with Gasteiger partial charge in [0.05, 0.1) is 18.3 Å². The van der Waals surface area contributed by atoms with E-state index >= 15 is 0 Å². The average molecular weight is 389 g/mol. The molecule has 4 rings (SSSR count). The Morgan fingerprint density at radius 3 is 3.13 bits per heavy atom. The maximum atomic E-state index is 13.0. The van der Waals surface area contributed by atoms with Gasteiger partial charge in [0, 0.05) is 9.35 Å². The zero-order valence-electron chi connectivity index (χ0n) is 12.9. The fraction of sp³-hybridized carbons (Fsp3) is 0.333. The third-order valence-electron chi connectivity index (χ3n) is 4.52. The van der Waals surface area contributed by atoms with Crippen LogP contribution >= 0.6 is 27.3 Å². The van der Waals surface area contributed by atoms with Crippen LogP contribution in [0.1, 0.15) is 29.3 Å². The lowest BCUT2D eigenvalue weighted by Gasteiger charge is -2.17. The van der Waals surface area contributed by atoms with Gasteiger partial charge in [-0.1, -0.05) is 35.0 Å². The van der Waals surface area contributed by atoms with E-state index < -0.39 is 0 Å². The summed E-state index contributed by atoms with van der Waals surface area (Å²) in [6.45, 7) is 2.84. The predicted molar refractivity (Wildman–Crippen MR) is 98.3 cm³/mol. The van der Waals surface area contributed by atoms with Crippen molar-refractivity contribution in [3.05, 3.63) is 61.4 Å². The SMILES string of the molecule is CC1CCc2c(sc3ncn(Cc4cccc(Br)c4)c(=O)c23)C1. The van der Waals surface area contributed by atoms with E-state index in [0.29, 0.717) is 12.5 Å². The number of nitrogens with zero attached hydrogens (tertiary/aromatic N) is 2. The fourth-order valence-electron chi connectivity index (χ4n) is 3.31. The molecule has 0 saturated heterocycles. The van der Waals surface area contributed by atoms with Crippen molar-refractivity contribution < 1.29 is 0 Å². The summed E-state index contributed by atoms with van der Waals surface area (Å²) in [6.07, 6.45) is 4.95. The molecule has 0 amide bonds. The van der Waals surface area contributed by atoms with E-state index in [2.05, 4.69) is 27.8 Å². The molecule has 2 aromatic heterocycles. The molecule has 1 atom stereocenters. The summed E-state index contributed by atoms with van der Waals surface area (Å²) in [4.78, 5) is 19.8. The van der Waals surface area contributed by atoms with Gasteiger partial charge in [0.15, 0.2) is 0 Å². The lowest BCUT2D eigenvalue weighted by Crippen LogP contribution is -2.22. The van der Waals surface area contributed by atoms with Gasteiger partial charge >= 0.3 is 0 Å². The van der Waals surface area contributed by atoms with E-state index in [1.165, 1.54) is 16.9 Å². The highest BCUT2D eigenvalue weighted by Gasteiger charge is 2.23. The fourth-order valence-corrected chi connectivity index (χ4v) is 5.10. The standard InChI is InChI=1S/C18H17BrN2OS/c1-11-5-6-14-15(7-11)23-17-16(14)18(22)21(10-20-17)9-12-3-2-4-13(19)8-12/h2-4,8,10-11H,5-7,9H2,1H3. The number of rotatable bonds is 2. The highest BCUT2D eigenvalue weighted by atomic mass is 79.9. The smallest absolute Gasteiger partial charge is 0.262 e. The molecule has 0 bridgehead atoms. The van der Waals surface area contributed by atoms with E-state index in [4.69, 9.17) is 0 Å². The van der Waals surface area contributed by atoms with Crippen LogP contribution < -0.4 is 5.56 Å². The molecule has 3 aromatic rings. The summed E-state index contributed by atoms with van der Waals surface area (Å²) in [5.74, 6) is 0.708. The summed E-state index contributed by atoms with van der Waals surface area (Å²) in [6, 6.07) is 8.06. The molecule has 0 fully saturated rings. The molecule has 0 saturated carbocycles. The van der Waals surface area contributed by atoms with Crippen molar-refractivity contribution in [3.8, 4) is 0 Å². The molecule has 2 heterocycles. The van der Waals surface area contributed by atoms with E-state index in [1.807, 2.05) is 24.3 Å². The molecule has 0 radical (unpaired) electrons. The second-order valence-electron chi connectivity index (χ2n) is 6.34. The second kappa shape index (κ2) is 5.87. The zero-order chi connectivity index (χ0) is 16.0. The molecular weight excluding hydrogens is 372 g/mol. The Kier molecular flexibility index (Phi) is 3.85.